The van der Waals surface area contributed by atoms with E-state index >= 15 is 4.39 Å². The third-order valence-electron chi connectivity index (χ3n) is 5.14. The number of thioether (sulfide) groups is 1. The molecule has 0 unspecified atom stereocenters. The summed E-state index contributed by atoms with van der Waals surface area (Å²) in [5.41, 5.74) is 0.364. The fraction of sp³-hybridized carbons (Fsp3) is 0.526. The summed E-state index contributed by atoms with van der Waals surface area (Å²) in [6.07, 6.45) is 1.30. The molecule has 2 aliphatic rings. The molecule has 1 aromatic carbocycles. The molecule has 3 heterocycles. The second-order valence-corrected chi connectivity index (χ2v) is 8.57. The summed E-state index contributed by atoms with van der Waals surface area (Å²) in [5.74, 6) is -0.369. The Labute approximate surface area is 166 Å². The number of carbonyl (C=O) groups is 2. The largest absolute Gasteiger partial charge is 0.372 e. The van der Waals surface area contributed by atoms with Gasteiger partial charge in [0.15, 0.2) is 17.9 Å². The number of amides is 1. The van der Waals surface area contributed by atoms with E-state index in [0.29, 0.717) is 31.3 Å². The number of hydrogen-bond donors (Lipinski definition) is 0. The summed E-state index contributed by atoms with van der Waals surface area (Å²) in [7, 11) is 0. The Morgan fingerprint density at radius 2 is 2.04 bits per heavy atom. The minimum absolute atomic E-state index is 0.0415. The lowest BCUT2D eigenvalue weighted by Gasteiger charge is -2.37. The second kappa shape index (κ2) is 7.36. The zero-order chi connectivity index (χ0) is 20.0. The summed E-state index contributed by atoms with van der Waals surface area (Å²) in [6.45, 7) is 7.25. The Balaban J connectivity index is 1.79. The van der Waals surface area contributed by atoms with Gasteiger partial charge in [-0.05, 0) is 26.3 Å². The molecule has 1 aromatic heterocycles. The summed E-state index contributed by atoms with van der Waals surface area (Å²) in [5, 5.41) is 4.32. The van der Waals surface area contributed by atoms with Crippen LogP contribution in [0.15, 0.2) is 10.6 Å². The molecule has 0 radical (unpaired) electrons. The maximum atomic E-state index is 15.4. The van der Waals surface area contributed by atoms with Crippen molar-refractivity contribution >= 4 is 45.8 Å². The van der Waals surface area contributed by atoms with Gasteiger partial charge in [-0.3, -0.25) is 14.5 Å². The molecular formula is C19H22FN3O4S. The molecule has 2 fully saturated rings. The second-order valence-electron chi connectivity index (χ2n) is 7.32. The Kier molecular flexibility index (Phi) is 5.05. The maximum Gasteiger partial charge on any atom is 0.287 e. The third kappa shape index (κ3) is 3.16. The average Bonchev–Trinajstić information content (AvgIpc) is 3.23. The van der Waals surface area contributed by atoms with Crippen LogP contribution in [0, 0.1) is 5.82 Å². The summed E-state index contributed by atoms with van der Waals surface area (Å²) in [4.78, 5) is 27.4. The number of aromatic nitrogens is 1. The SMILES string of the molecule is CC[C@H]1CN(c2noc3c(F)c(N4C[C@@H](C)O[C@H](C)C4)c(C=O)cc23)C(=O)S1. The normalized spacial score (nSPS) is 25.7. The molecule has 2 aromatic rings. The number of rotatable bonds is 4. The molecule has 2 saturated heterocycles. The van der Waals surface area contributed by atoms with Gasteiger partial charge in [-0.15, -0.1) is 0 Å². The van der Waals surface area contributed by atoms with E-state index in [2.05, 4.69) is 5.16 Å². The molecule has 0 saturated carbocycles. The fourth-order valence-electron chi connectivity index (χ4n) is 3.91. The number of halogens is 1. The van der Waals surface area contributed by atoms with Crippen LogP contribution in [0.2, 0.25) is 0 Å². The molecule has 7 nitrogen and oxygen atoms in total. The molecule has 0 N–H and O–H groups in total. The molecule has 0 spiro atoms. The van der Waals surface area contributed by atoms with E-state index in [4.69, 9.17) is 9.26 Å². The van der Waals surface area contributed by atoms with Crippen molar-refractivity contribution in [1.82, 2.24) is 5.16 Å². The number of hydrogen-bond acceptors (Lipinski definition) is 7. The molecular weight excluding hydrogens is 385 g/mol. The van der Waals surface area contributed by atoms with Gasteiger partial charge < -0.3 is 14.2 Å². The highest BCUT2D eigenvalue weighted by atomic mass is 32.2. The number of anilines is 2. The quantitative estimate of drug-likeness (QED) is 0.713. The Morgan fingerprint density at radius 1 is 1.32 bits per heavy atom. The predicted molar refractivity (Wildman–Crippen MR) is 106 cm³/mol. The summed E-state index contributed by atoms with van der Waals surface area (Å²) >= 11 is 1.24. The lowest BCUT2D eigenvalue weighted by molar-refractivity contribution is -0.00543. The number of benzene rings is 1. The van der Waals surface area contributed by atoms with Gasteiger partial charge in [0.1, 0.15) is 0 Å². The highest BCUT2D eigenvalue weighted by Crippen LogP contribution is 2.39. The maximum absolute atomic E-state index is 15.4. The number of aldehydes is 1. The first-order chi connectivity index (χ1) is 13.4. The predicted octanol–water partition coefficient (Wildman–Crippen LogP) is 3.84. The first kappa shape index (κ1) is 19.2. The Bertz CT molecular complexity index is 924. The molecule has 28 heavy (non-hydrogen) atoms. The van der Waals surface area contributed by atoms with Crippen molar-refractivity contribution < 1.29 is 23.2 Å². The third-order valence-corrected chi connectivity index (χ3v) is 6.38. The molecule has 150 valence electrons. The lowest BCUT2D eigenvalue weighted by atomic mass is 10.1. The van der Waals surface area contributed by atoms with Gasteiger partial charge in [-0.2, -0.15) is 0 Å². The Hall–Kier alpha value is -2.13. The molecule has 0 bridgehead atoms. The molecule has 2 aliphatic heterocycles. The fourth-order valence-corrected chi connectivity index (χ4v) is 4.87. The smallest absolute Gasteiger partial charge is 0.287 e. The van der Waals surface area contributed by atoms with Crippen molar-refractivity contribution in [2.45, 2.75) is 44.6 Å². The highest BCUT2D eigenvalue weighted by molar-refractivity contribution is 8.14. The van der Waals surface area contributed by atoms with Crippen LogP contribution in [0.3, 0.4) is 0 Å². The van der Waals surface area contributed by atoms with Gasteiger partial charge in [-0.25, -0.2) is 4.39 Å². The van der Waals surface area contributed by atoms with Gasteiger partial charge in [0.2, 0.25) is 5.58 Å². The van der Waals surface area contributed by atoms with Crippen LogP contribution in [0.5, 0.6) is 0 Å². The molecule has 1 amide bonds. The van der Waals surface area contributed by atoms with Crippen molar-refractivity contribution in [3.63, 3.8) is 0 Å². The number of fused-ring (bicyclic) bond motifs is 1. The molecule has 4 rings (SSSR count). The van der Waals surface area contributed by atoms with Crippen molar-refractivity contribution in [2.75, 3.05) is 29.4 Å². The van der Waals surface area contributed by atoms with Crippen LogP contribution in [-0.2, 0) is 4.74 Å². The van der Waals surface area contributed by atoms with E-state index < -0.39 is 5.82 Å². The topological polar surface area (TPSA) is 75.9 Å². The summed E-state index contributed by atoms with van der Waals surface area (Å²) < 4.78 is 26.4. The zero-order valence-electron chi connectivity index (χ0n) is 16.0. The number of ether oxygens (including phenoxy) is 1. The minimum atomic E-state index is -0.633. The van der Waals surface area contributed by atoms with Crippen molar-refractivity contribution in [1.29, 1.82) is 0 Å². The van der Waals surface area contributed by atoms with E-state index in [0.717, 1.165) is 6.42 Å². The van der Waals surface area contributed by atoms with Gasteiger partial charge in [-0.1, -0.05) is 23.8 Å². The van der Waals surface area contributed by atoms with Crippen LogP contribution in [0.1, 0.15) is 37.6 Å². The lowest BCUT2D eigenvalue weighted by Crippen LogP contribution is -2.46. The van der Waals surface area contributed by atoms with E-state index in [1.807, 2.05) is 25.7 Å². The van der Waals surface area contributed by atoms with E-state index in [1.165, 1.54) is 16.7 Å². The number of morpholine rings is 1. The monoisotopic (exact) mass is 407 g/mol. The van der Waals surface area contributed by atoms with Crippen LogP contribution < -0.4 is 9.80 Å². The standard InChI is InChI=1S/C19H22FN3O4S/c1-4-13-8-23(19(25)28-13)18-14-5-12(9-24)16(15(20)17(14)27-21-18)22-6-10(2)26-11(3)7-22/h5,9-11,13H,4,6-8H2,1-3H3/t10-,11-,13+/m1/s1. The minimum Gasteiger partial charge on any atom is -0.372 e. The van der Waals surface area contributed by atoms with E-state index in [-0.39, 0.29) is 45.3 Å². The van der Waals surface area contributed by atoms with Crippen LogP contribution >= 0.6 is 11.8 Å². The van der Waals surface area contributed by atoms with Crippen LogP contribution in [0.25, 0.3) is 11.0 Å². The zero-order valence-corrected chi connectivity index (χ0v) is 16.8. The van der Waals surface area contributed by atoms with Crippen molar-refractivity contribution in [2.24, 2.45) is 0 Å². The van der Waals surface area contributed by atoms with Crippen molar-refractivity contribution in [3.8, 4) is 0 Å². The van der Waals surface area contributed by atoms with Crippen LogP contribution in [-0.4, -0.2) is 53.8 Å². The van der Waals surface area contributed by atoms with Gasteiger partial charge >= 0.3 is 0 Å². The first-order valence-electron chi connectivity index (χ1n) is 9.38. The Morgan fingerprint density at radius 3 is 2.64 bits per heavy atom. The van der Waals surface area contributed by atoms with Crippen molar-refractivity contribution in [3.05, 3.63) is 17.4 Å². The first-order valence-corrected chi connectivity index (χ1v) is 10.3. The van der Waals surface area contributed by atoms with Gasteiger partial charge in [0.25, 0.3) is 5.24 Å². The van der Waals surface area contributed by atoms with E-state index in [1.54, 1.807) is 6.07 Å². The number of nitrogens with zero attached hydrogens (tertiary/aromatic N) is 3. The van der Waals surface area contributed by atoms with Gasteiger partial charge in [0, 0.05) is 30.4 Å². The molecule has 9 heteroatoms. The molecule has 0 aliphatic carbocycles. The van der Waals surface area contributed by atoms with Gasteiger partial charge in [0.05, 0.1) is 23.3 Å². The van der Waals surface area contributed by atoms with Crippen LogP contribution in [0.4, 0.5) is 20.7 Å². The molecule has 3 atom stereocenters. The number of carbonyl (C=O) groups excluding carboxylic acids is 2. The van der Waals surface area contributed by atoms with E-state index in [9.17, 15) is 9.59 Å². The highest BCUT2D eigenvalue weighted by Gasteiger charge is 2.35. The summed E-state index contributed by atoms with van der Waals surface area (Å²) in [6, 6.07) is 1.56. The average molecular weight is 407 g/mol.